The number of piperidine rings is 1. The van der Waals surface area contributed by atoms with Crippen LogP contribution in [-0.4, -0.2) is 46.2 Å². The molecule has 0 saturated carbocycles. The molecule has 8 heteroatoms. The number of halogens is 1. The number of hydrogen-bond donors (Lipinski definition) is 4. The van der Waals surface area contributed by atoms with Gasteiger partial charge in [-0.05, 0) is 41.9 Å². The molecule has 4 N–H and O–H groups in total. The summed E-state index contributed by atoms with van der Waals surface area (Å²) in [4.78, 5) is 14.2. The lowest BCUT2D eigenvalue weighted by atomic mass is 10.0. The standard InChI is InChI=1S/C19H23BrN6O/c1-21-13-5-3-7-26(11-13)17-14(20)9-23-18-16(17)15(10-24-18)25-19(27)12-4-2-6-22-8-12/h2,4,6,8-10,13,19,21,25,27H,3,5,7,11H2,1H3,(H,23,24)/t13-,19?/m1/s1. The molecule has 0 aromatic carbocycles. The molecule has 0 aliphatic carbocycles. The van der Waals surface area contributed by atoms with E-state index in [4.69, 9.17) is 0 Å². The Bertz CT molecular complexity index is 915. The third kappa shape index (κ3) is 3.65. The predicted octanol–water partition coefficient (Wildman–Crippen LogP) is 3.01. The SMILES string of the molecule is CN[C@@H]1CCCN(c2c(Br)cnc3[nH]cc(NC(O)c4cccnc4)c23)C1. The summed E-state index contributed by atoms with van der Waals surface area (Å²) in [6, 6.07) is 4.12. The minimum atomic E-state index is -0.851. The minimum absolute atomic E-state index is 0.463. The monoisotopic (exact) mass is 430 g/mol. The second-order valence-corrected chi connectivity index (χ2v) is 7.64. The highest BCUT2D eigenvalue weighted by molar-refractivity contribution is 9.10. The number of nitrogens with zero attached hydrogens (tertiary/aromatic N) is 3. The van der Waals surface area contributed by atoms with Crippen molar-refractivity contribution >= 4 is 38.3 Å². The lowest BCUT2D eigenvalue weighted by molar-refractivity contribution is 0.208. The summed E-state index contributed by atoms with van der Waals surface area (Å²) < 4.78 is 0.949. The number of H-pyrrole nitrogens is 1. The van der Waals surface area contributed by atoms with Gasteiger partial charge in [0, 0.05) is 49.5 Å². The van der Waals surface area contributed by atoms with Gasteiger partial charge in [0.25, 0.3) is 0 Å². The van der Waals surface area contributed by atoms with E-state index in [1.807, 2.05) is 31.6 Å². The first-order valence-corrected chi connectivity index (χ1v) is 9.89. The van der Waals surface area contributed by atoms with Crippen molar-refractivity contribution in [1.29, 1.82) is 0 Å². The second kappa shape index (κ2) is 7.84. The zero-order valence-electron chi connectivity index (χ0n) is 15.1. The molecule has 1 unspecified atom stereocenters. The molecule has 4 heterocycles. The van der Waals surface area contributed by atoms with Gasteiger partial charge in [-0.3, -0.25) is 4.98 Å². The normalized spacial score (nSPS) is 18.6. The number of aromatic nitrogens is 3. The van der Waals surface area contributed by atoms with E-state index in [1.165, 1.54) is 6.42 Å². The predicted molar refractivity (Wildman–Crippen MR) is 111 cm³/mol. The van der Waals surface area contributed by atoms with Gasteiger partial charge in [-0.2, -0.15) is 0 Å². The lowest BCUT2D eigenvalue weighted by Crippen LogP contribution is -2.44. The molecule has 0 spiro atoms. The summed E-state index contributed by atoms with van der Waals surface area (Å²) in [6.45, 7) is 1.93. The van der Waals surface area contributed by atoms with Crippen molar-refractivity contribution in [1.82, 2.24) is 20.3 Å². The molecule has 142 valence electrons. The lowest BCUT2D eigenvalue weighted by Gasteiger charge is -2.35. The number of fused-ring (bicyclic) bond motifs is 1. The number of aliphatic hydroxyl groups is 1. The van der Waals surface area contributed by atoms with Gasteiger partial charge in [-0.15, -0.1) is 0 Å². The van der Waals surface area contributed by atoms with Crippen LogP contribution in [0.1, 0.15) is 24.6 Å². The Labute approximate surface area is 166 Å². The molecule has 3 aromatic heterocycles. The summed E-state index contributed by atoms with van der Waals surface area (Å²) >= 11 is 3.69. The molecule has 1 aliphatic heterocycles. The van der Waals surface area contributed by atoms with Crippen molar-refractivity contribution in [2.75, 3.05) is 30.4 Å². The molecule has 0 radical (unpaired) electrons. The fourth-order valence-corrected chi connectivity index (χ4v) is 4.21. The van der Waals surface area contributed by atoms with Crippen LogP contribution in [0, 0.1) is 0 Å². The third-order valence-corrected chi connectivity index (χ3v) is 5.65. The highest BCUT2D eigenvalue weighted by atomic mass is 79.9. The van der Waals surface area contributed by atoms with Gasteiger partial charge in [0.2, 0.25) is 0 Å². The van der Waals surface area contributed by atoms with Crippen molar-refractivity contribution < 1.29 is 5.11 Å². The topological polar surface area (TPSA) is 89.1 Å². The first kappa shape index (κ1) is 18.2. The molecule has 1 saturated heterocycles. The average Bonchev–Trinajstić information content (AvgIpc) is 3.11. The van der Waals surface area contributed by atoms with Crippen molar-refractivity contribution in [3.05, 3.63) is 47.0 Å². The van der Waals surface area contributed by atoms with Gasteiger partial charge in [0.15, 0.2) is 6.23 Å². The van der Waals surface area contributed by atoms with Crippen molar-refractivity contribution in [2.45, 2.75) is 25.1 Å². The van der Waals surface area contributed by atoms with Gasteiger partial charge >= 0.3 is 0 Å². The van der Waals surface area contributed by atoms with Crippen LogP contribution >= 0.6 is 15.9 Å². The van der Waals surface area contributed by atoms with E-state index < -0.39 is 6.23 Å². The van der Waals surface area contributed by atoms with E-state index in [2.05, 4.69) is 46.4 Å². The van der Waals surface area contributed by atoms with Crippen molar-refractivity contribution in [3.63, 3.8) is 0 Å². The Balaban J connectivity index is 1.71. The summed E-state index contributed by atoms with van der Waals surface area (Å²) in [5.74, 6) is 0. The molecule has 1 aliphatic rings. The number of nitrogens with one attached hydrogen (secondary N) is 3. The molecule has 1 fully saturated rings. The number of likely N-dealkylation sites (N-methyl/N-ethyl adjacent to an activating group) is 1. The number of anilines is 2. The van der Waals surface area contributed by atoms with E-state index in [1.54, 1.807) is 12.4 Å². The van der Waals surface area contributed by atoms with E-state index in [-0.39, 0.29) is 0 Å². The number of rotatable bonds is 5. The van der Waals surface area contributed by atoms with Crippen LogP contribution in [0.25, 0.3) is 11.0 Å². The van der Waals surface area contributed by atoms with E-state index >= 15 is 0 Å². The zero-order chi connectivity index (χ0) is 18.8. The molecule has 2 atom stereocenters. The Hall–Kier alpha value is -2.16. The molecular weight excluding hydrogens is 408 g/mol. The minimum Gasteiger partial charge on any atom is -0.369 e. The van der Waals surface area contributed by atoms with Crippen LogP contribution < -0.4 is 15.5 Å². The number of aromatic amines is 1. The summed E-state index contributed by atoms with van der Waals surface area (Å²) in [5.41, 5.74) is 3.42. The van der Waals surface area contributed by atoms with Crippen LogP contribution in [0.3, 0.4) is 0 Å². The first-order chi connectivity index (χ1) is 13.2. The van der Waals surface area contributed by atoms with Crippen LogP contribution in [0.5, 0.6) is 0 Å². The van der Waals surface area contributed by atoms with Crippen LogP contribution in [0.2, 0.25) is 0 Å². The highest BCUT2D eigenvalue weighted by Crippen LogP contribution is 2.39. The molecule has 27 heavy (non-hydrogen) atoms. The quantitative estimate of drug-likeness (QED) is 0.465. The molecule has 0 bridgehead atoms. The smallest absolute Gasteiger partial charge is 0.152 e. The zero-order valence-corrected chi connectivity index (χ0v) is 16.7. The van der Waals surface area contributed by atoms with E-state index in [9.17, 15) is 5.11 Å². The molecule has 7 nitrogen and oxygen atoms in total. The number of pyridine rings is 2. The fraction of sp³-hybridized carbons (Fsp3) is 0.368. The second-order valence-electron chi connectivity index (χ2n) is 6.79. The van der Waals surface area contributed by atoms with Gasteiger partial charge in [-0.1, -0.05) is 6.07 Å². The van der Waals surface area contributed by atoms with E-state index in [0.29, 0.717) is 11.6 Å². The van der Waals surface area contributed by atoms with Crippen LogP contribution in [0.15, 0.2) is 41.4 Å². The maximum absolute atomic E-state index is 10.6. The van der Waals surface area contributed by atoms with Crippen molar-refractivity contribution in [2.24, 2.45) is 0 Å². The van der Waals surface area contributed by atoms with Gasteiger partial charge in [-0.25, -0.2) is 4.98 Å². The molecule has 4 rings (SSSR count). The molecule has 3 aromatic rings. The van der Waals surface area contributed by atoms with Crippen molar-refractivity contribution in [3.8, 4) is 0 Å². The highest BCUT2D eigenvalue weighted by Gasteiger charge is 2.24. The summed E-state index contributed by atoms with van der Waals surface area (Å²) in [6.07, 6.45) is 8.49. The summed E-state index contributed by atoms with van der Waals surface area (Å²) in [5, 5.41) is 18.1. The largest absolute Gasteiger partial charge is 0.369 e. The van der Waals surface area contributed by atoms with Gasteiger partial charge in [0.05, 0.1) is 21.2 Å². The Morgan fingerprint density at radius 2 is 2.30 bits per heavy atom. The van der Waals surface area contributed by atoms with Crippen LogP contribution in [-0.2, 0) is 0 Å². The Kier molecular flexibility index (Phi) is 5.29. The van der Waals surface area contributed by atoms with Crippen LogP contribution in [0.4, 0.5) is 11.4 Å². The maximum atomic E-state index is 10.6. The average molecular weight is 431 g/mol. The number of hydrogen-bond acceptors (Lipinski definition) is 6. The van der Waals surface area contributed by atoms with Gasteiger partial charge in [0.1, 0.15) is 5.65 Å². The Morgan fingerprint density at radius 3 is 3.07 bits per heavy atom. The van der Waals surface area contributed by atoms with E-state index in [0.717, 1.165) is 46.4 Å². The summed E-state index contributed by atoms with van der Waals surface area (Å²) in [7, 11) is 2.01. The van der Waals surface area contributed by atoms with Gasteiger partial charge < -0.3 is 25.6 Å². The third-order valence-electron chi connectivity index (χ3n) is 5.07. The maximum Gasteiger partial charge on any atom is 0.152 e. The fourth-order valence-electron chi connectivity index (χ4n) is 3.66. The molecule has 0 amide bonds. The first-order valence-electron chi connectivity index (χ1n) is 9.09. The number of aliphatic hydroxyl groups excluding tert-OH is 1. The Morgan fingerprint density at radius 1 is 1.41 bits per heavy atom. The molecular formula is C19H23BrN6O.